The molecule has 1 aromatic carbocycles. The first-order valence-corrected chi connectivity index (χ1v) is 7.46. The van der Waals surface area contributed by atoms with Crippen LogP contribution in [0.1, 0.15) is 30.5 Å². The Labute approximate surface area is 116 Å². The van der Waals surface area contributed by atoms with Crippen LogP contribution < -0.4 is 0 Å². The van der Waals surface area contributed by atoms with E-state index in [-0.39, 0.29) is 5.25 Å². The van der Waals surface area contributed by atoms with Gasteiger partial charge >= 0.3 is 0 Å². The van der Waals surface area contributed by atoms with Gasteiger partial charge in [-0.05, 0) is 43.5 Å². The summed E-state index contributed by atoms with van der Waals surface area (Å²) >= 11 is 4.88. The second-order valence-corrected chi connectivity index (χ2v) is 6.64. The molecule has 0 spiro atoms. The van der Waals surface area contributed by atoms with Crippen molar-refractivity contribution in [2.24, 2.45) is 4.40 Å². The Hall–Kier alpha value is -0.550. The van der Waals surface area contributed by atoms with E-state index in [0.717, 1.165) is 17.5 Å². The minimum atomic E-state index is -1.18. The highest BCUT2D eigenvalue weighted by Crippen LogP contribution is 2.24. The lowest BCUT2D eigenvalue weighted by atomic mass is 9.98. The number of fused-ring (bicyclic) bond motifs is 1. The largest absolute Gasteiger partial charge is 0.591 e. The molecule has 1 aromatic rings. The van der Waals surface area contributed by atoms with Crippen LogP contribution in [-0.2, 0) is 29.1 Å². The molecule has 1 atom stereocenters. The fourth-order valence-electron chi connectivity index (χ4n) is 1.85. The number of nitrogens with zero attached hydrogens (tertiary/aromatic N) is 1. The van der Waals surface area contributed by atoms with E-state index < -0.39 is 11.4 Å². The molecular formula is C13H16ClNO2S. The third-order valence-electron chi connectivity index (χ3n) is 2.79. The number of rotatable bonds is 3. The van der Waals surface area contributed by atoms with Crippen molar-refractivity contribution in [3.8, 4) is 0 Å². The molecule has 1 aliphatic heterocycles. The Kier molecular flexibility index (Phi) is 4.67. The second kappa shape index (κ2) is 6.06. The standard InChI is InChI=1S/C13H16ClNO2S/c1-9(2)18(16)15-7-10-5-12(14)6-11-8-17-4-3-13(10)11/h5-7,9H,3-4,8H2,1-2H3. The fourth-order valence-corrected chi connectivity index (χ4v) is 2.56. The molecule has 0 radical (unpaired) electrons. The Balaban J connectivity index is 2.29. The van der Waals surface area contributed by atoms with Gasteiger partial charge in [0, 0.05) is 10.6 Å². The molecule has 0 aromatic heterocycles. The number of ether oxygens (including phenoxy) is 1. The van der Waals surface area contributed by atoms with Gasteiger partial charge in [0.15, 0.2) is 0 Å². The highest BCUT2D eigenvalue weighted by Gasteiger charge is 2.15. The zero-order chi connectivity index (χ0) is 13.1. The summed E-state index contributed by atoms with van der Waals surface area (Å²) in [6.07, 6.45) is 2.52. The smallest absolute Gasteiger partial charge is 0.137 e. The molecule has 0 saturated carbocycles. The Bertz CT molecular complexity index is 463. The average molecular weight is 286 g/mol. The van der Waals surface area contributed by atoms with Crippen LogP contribution in [0.25, 0.3) is 0 Å². The summed E-state index contributed by atoms with van der Waals surface area (Å²) in [5.41, 5.74) is 3.26. The van der Waals surface area contributed by atoms with Crippen LogP contribution in [0, 0.1) is 0 Å². The first-order valence-electron chi connectivity index (χ1n) is 5.91. The van der Waals surface area contributed by atoms with Gasteiger partial charge in [0.25, 0.3) is 0 Å². The van der Waals surface area contributed by atoms with Gasteiger partial charge in [-0.25, -0.2) is 0 Å². The lowest BCUT2D eigenvalue weighted by molar-refractivity contribution is 0.110. The van der Waals surface area contributed by atoms with E-state index in [1.807, 2.05) is 26.0 Å². The maximum atomic E-state index is 11.6. The van der Waals surface area contributed by atoms with Crippen LogP contribution in [0.2, 0.25) is 5.02 Å². The lowest BCUT2D eigenvalue weighted by Crippen LogP contribution is -2.14. The van der Waals surface area contributed by atoms with Crippen molar-refractivity contribution in [2.75, 3.05) is 6.61 Å². The van der Waals surface area contributed by atoms with Crippen molar-refractivity contribution < 1.29 is 9.29 Å². The summed E-state index contributed by atoms with van der Waals surface area (Å²) in [5.74, 6) is 0. The average Bonchev–Trinajstić information content (AvgIpc) is 2.35. The number of halogens is 1. The van der Waals surface area contributed by atoms with Crippen molar-refractivity contribution >= 4 is 29.2 Å². The minimum Gasteiger partial charge on any atom is -0.591 e. The number of benzene rings is 1. The predicted molar refractivity (Wildman–Crippen MR) is 75.7 cm³/mol. The molecule has 98 valence electrons. The van der Waals surface area contributed by atoms with Crippen LogP contribution in [0.5, 0.6) is 0 Å². The monoisotopic (exact) mass is 285 g/mol. The van der Waals surface area contributed by atoms with E-state index >= 15 is 0 Å². The van der Waals surface area contributed by atoms with Gasteiger partial charge in [-0.3, -0.25) is 0 Å². The topological polar surface area (TPSA) is 44.7 Å². The van der Waals surface area contributed by atoms with E-state index in [2.05, 4.69) is 4.40 Å². The molecule has 5 heteroatoms. The molecule has 3 nitrogen and oxygen atoms in total. The van der Waals surface area contributed by atoms with Crippen LogP contribution in [0.15, 0.2) is 16.5 Å². The van der Waals surface area contributed by atoms with E-state index in [4.69, 9.17) is 16.3 Å². The summed E-state index contributed by atoms with van der Waals surface area (Å²) in [6.45, 7) is 5.07. The Morgan fingerprint density at radius 3 is 3.00 bits per heavy atom. The molecule has 0 bridgehead atoms. The third-order valence-corrected chi connectivity index (χ3v) is 4.13. The summed E-state index contributed by atoms with van der Waals surface area (Å²) in [5, 5.41) is 0.690. The molecule has 0 fully saturated rings. The van der Waals surface area contributed by atoms with Crippen molar-refractivity contribution in [3.05, 3.63) is 33.8 Å². The van der Waals surface area contributed by atoms with Gasteiger partial charge in [0.1, 0.15) is 5.25 Å². The molecule has 1 heterocycles. The maximum Gasteiger partial charge on any atom is 0.137 e. The van der Waals surface area contributed by atoms with Gasteiger partial charge < -0.3 is 9.29 Å². The normalized spacial score (nSPS) is 17.2. The molecule has 1 unspecified atom stereocenters. The van der Waals surface area contributed by atoms with Gasteiger partial charge in [0.2, 0.25) is 0 Å². The zero-order valence-electron chi connectivity index (χ0n) is 10.5. The number of hydrogen-bond donors (Lipinski definition) is 0. The number of hydrogen-bond acceptors (Lipinski definition) is 3. The van der Waals surface area contributed by atoms with E-state index in [0.29, 0.717) is 18.2 Å². The molecule has 0 saturated heterocycles. The van der Waals surface area contributed by atoms with Gasteiger partial charge in [0.05, 0.1) is 30.8 Å². The first-order chi connectivity index (χ1) is 8.58. The van der Waals surface area contributed by atoms with E-state index in [9.17, 15) is 4.55 Å². The minimum absolute atomic E-state index is 0.0274. The molecule has 0 amide bonds. The van der Waals surface area contributed by atoms with Gasteiger partial charge in [-0.2, -0.15) is 0 Å². The second-order valence-electron chi connectivity index (χ2n) is 4.49. The molecule has 0 aliphatic carbocycles. The summed E-state index contributed by atoms with van der Waals surface area (Å²) in [7, 11) is 0. The summed E-state index contributed by atoms with van der Waals surface area (Å²) < 4.78 is 21.1. The van der Waals surface area contributed by atoms with Gasteiger partial charge in [-0.15, -0.1) is 0 Å². The predicted octanol–water partition coefficient (Wildman–Crippen LogP) is 2.90. The molecule has 1 aliphatic rings. The third kappa shape index (κ3) is 3.26. The van der Waals surface area contributed by atoms with Crippen molar-refractivity contribution in [1.82, 2.24) is 0 Å². The lowest BCUT2D eigenvalue weighted by Gasteiger charge is -2.18. The molecular weight excluding hydrogens is 270 g/mol. The van der Waals surface area contributed by atoms with Crippen LogP contribution in [-0.4, -0.2) is 22.6 Å². The fraction of sp³-hybridized carbons (Fsp3) is 0.462. The summed E-state index contributed by atoms with van der Waals surface area (Å²) in [6, 6.07) is 3.79. The van der Waals surface area contributed by atoms with Crippen molar-refractivity contribution in [2.45, 2.75) is 32.1 Å². The zero-order valence-corrected chi connectivity index (χ0v) is 12.1. The highest BCUT2D eigenvalue weighted by molar-refractivity contribution is 7.90. The maximum absolute atomic E-state index is 11.6. The Morgan fingerprint density at radius 1 is 1.50 bits per heavy atom. The van der Waals surface area contributed by atoms with E-state index in [1.165, 1.54) is 5.56 Å². The molecule has 0 N–H and O–H groups in total. The van der Waals surface area contributed by atoms with Crippen LogP contribution >= 0.6 is 11.6 Å². The molecule has 18 heavy (non-hydrogen) atoms. The SMILES string of the molecule is CC(C)[S+]([O-])N=Cc1cc(Cl)cc2c1CCOC2. The van der Waals surface area contributed by atoms with Gasteiger partial charge in [-0.1, -0.05) is 16.0 Å². The van der Waals surface area contributed by atoms with Crippen molar-refractivity contribution in [3.63, 3.8) is 0 Å². The Morgan fingerprint density at radius 2 is 2.28 bits per heavy atom. The van der Waals surface area contributed by atoms with Crippen LogP contribution in [0.3, 0.4) is 0 Å². The van der Waals surface area contributed by atoms with Crippen molar-refractivity contribution in [1.29, 1.82) is 0 Å². The van der Waals surface area contributed by atoms with Crippen LogP contribution in [0.4, 0.5) is 0 Å². The highest BCUT2D eigenvalue weighted by atomic mass is 35.5. The van der Waals surface area contributed by atoms with E-state index in [1.54, 1.807) is 6.21 Å². The first kappa shape index (κ1) is 13.9. The summed E-state index contributed by atoms with van der Waals surface area (Å²) in [4.78, 5) is 0. The molecule has 2 rings (SSSR count). The quantitative estimate of drug-likeness (QED) is 0.633.